The van der Waals surface area contributed by atoms with E-state index in [0.29, 0.717) is 25.2 Å². The molecular weight excluding hydrogens is 412 g/mol. The van der Waals surface area contributed by atoms with E-state index in [-0.39, 0.29) is 16.8 Å². The molecule has 4 rings (SSSR count). The second-order valence-electron chi connectivity index (χ2n) is 8.27. The Hall–Kier alpha value is -2.38. The molecular formula is C24H30N2O4S. The van der Waals surface area contributed by atoms with Crippen LogP contribution in [0.1, 0.15) is 60.5 Å². The van der Waals surface area contributed by atoms with E-state index < -0.39 is 10.0 Å². The number of rotatable bonds is 5. The summed E-state index contributed by atoms with van der Waals surface area (Å²) >= 11 is 0. The Bertz CT molecular complexity index is 997. The summed E-state index contributed by atoms with van der Waals surface area (Å²) in [6.45, 7) is 1.84. The molecule has 2 aliphatic heterocycles. The average molecular weight is 443 g/mol. The molecule has 0 spiro atoms. The standard InChI is InChI=1S/C24H30N2O4S/c1-30-21-12-8-19(9-13-21)23-7-3-2-4-18-26(23)24(27)20-10-14-22(15-11-20)31(28,29)25-16-5-6-17-25/h8-15,23H,2-7,16-18H2,1H3/t23-/m0/s1. The van der Waals surface area contributed by atoms with Gasteiger partial charge in [0, 0.05) is 25.2 Å². The molecule has 0 aliphatic carbocycles. The van der Waals surface area contributed by atoms with E-state index in [2.05, 4.69) is 0 Å². The smallest absolute Gasteiger partial charge is 0.254 e. The van der Waals surface area contributed by atoms with Crippen LogP contribution in [0.3, 0.4) is 0 Å². The average Bonchev–Trinajstić information content (AvgIpc) is 3.25. The van der Waals surface area contributed by atoms with Crippen molar-refractivity contribution in [3.05, 3.63) is 59.7 Å². The lowest BCUT2D eigenvalue weighted by Gasteiger charge is -2.31. The lowest BCUT2D eigenvalue weighted by Crippen LogP contribution is -2.35. The number of carbonyl (C=O) groups is 1. The molecule has 2 fully saturated rings. The number of nitrogens with zero attached hydrogens (tertiary/aromatic N) is 2. The van der Waals surface area contributed by atoms with E-state index in [0.717, 1.165) is 49.8 Å². The van der Waals surface area contributed by atoms with Gasteiger partial charge in [-0.05, 0) is 67.6 Å². The summed E-state index contributed by atoms with van der Waals surface area (Å²) < 4.78 is 32.3. The van der Waals surface area contributed by atoms with Gasteiger partial charge < -0.3 is 9.64 Å². The first kappa shape index (κ1) is 21.8. The number of benzene rings is 2. The molecule has 6 nitrogen and oxygen atoms in total. The molecule has 7 heteroatoms. The number of hydrogen-bond donors (Lipinski definition) is 0. The molecule has 0 bridgehead atoms. The van der Waals surface area contributed by atoms with Gasteiger partial charge in [-0.3, -0.25) is 4.79 Å². The summed E-state index contributed by atoms with van der Waals surface area (Å²) in [5.41, 5.74) is 1.63. The lowest BCUT2D eigenvalue weighted by atomic mass is 10.00. The summed E-state index contributed by atoms with van der Waals surface area (Å²) in [6.07, 6.45) is 5.87. The molecule has 1 atom stereocenters. The summed E-state index contributed by atoms with van der Waals surface area (Å²) in [6, 6.07) is 14.4. The van der Waals surface area contributed by atoms with Crippen molar-refractivity contribution in [2.45, 2.75) is 49.5 Å². The largest absolute Gasteiger partial charge is 0.497 e. The van der Waals surface area contributed by atoms with Gasteiger partial charge in [0.2, 0.25) is 10.0 Å². The number of likely N-dealkylation sites (tertiary alicyclic amines) is 1. The normalized spacial score (nSPS) is 20.4. The van der Waals surface area contributed by atoms with Crippen LogP contribution in [-0.2, 0) is 10.0 Å². The van der Waals surface area contributed by atoms with Crippen LogP contribution in [0.5, 0.6) is 5.75 Å². The van der Waals surface area contributed by atoms with Crippen LogP contribution in [0.25, 0.3) is 0 Å². The quantitative estimate of drug-likeness (QED) is 0.695. The third kappa shape index (κ3) is 4.62. The first-order valence-electron chi connectivity index (χ1n) is 11.1. The second kappa shape index (κ2) is 9.40. The molecule has 2 saturated heterocycles. The van der Waals surface area contributed by atoms with Crippen molar-refractivity contribution in [2.24, 2.45) is 0 Å². The number of carbonyl (C=O) groups excluding carboxylic acids is 1. The molecule has 2 heterocycles. The highest BCUT2D eigenvalue weighted by atomic mass is 32.2. The summed E-state index contributed by atoms with van der Waals surface area (Å²) in [7, 11) is -1.83. The third-order valence-corrected chi connectivity index (χ3v) is 8.23. The fourth-order valence-corrected chi connectivity index (χ4v) is 6.05. The molecule has 0 saturated carbocycles. The number of hydrogen-bond acceptors (Lipinski definition) is 4. The van der Waals surface area contributed by atoms with E-state index in [1.54, 1.807) is 31.4 Å². The summed E-state index contributed by atoms with van der Waals surface area (Å²) in [5.74, 6) is 0.748. The van der Waals surface area contributed by atoms with Crippen LogP contribution in [-0.4, -0.2) is 50.3 Å². The highest BCUT2D eigenvalue weighted by Crippen LogP contribution is 2.32. The molecule has 2 aromatic carbocycles. The number of methoxy groups -OCH3 is 1. The van der Waals surface area contributed by atoms with Crippen LogP contribution >= 0.6 is 0 Å². The Balaban J connectivity index is 1.57. The van der Waals surface area contributed by atoms with Crippen molar-refractivity contribution >= 4 is 15.9 Å². The predicted molar refractivity (Wildman–Crippen MR) is 120 cm³/mol. The summed E-state index contributed by atoms with van der Waals surface area (Å²) in [4.78, 5) is 15.6. The highest BCUT2D eigenvalue weighted by Gasteiger charge is 2.29. The van der Waals surface area contributed by atoms with E-state index in [1.807, 2.05) is 29.2 Å². The predicted octanol–water partition coefficient (Wildman–Crippen LogP) is 4.24. The maximum Gasteiger partial charge on any atom is 0.254 e. The van der Waals surface area contributed by atoms with Crippen LogP contribution in [0.4, 0.5) is 0 Å². The van der Waals surface area contributed by atoms with Gasteiger partial charge in [0.25, 0.3) is 5.91 Å². The Labute approximate surface area is 184 Å². The molecule has 1 amide bonds. The fraction of sp³-hybridized carbons (Fsp3) is 0.458. The molecule has 31 heavy (non-hydrogen) atoms. The zero-order valence-electron chi connectivity index (χ0n) is 18.0. The summed E-state index contributed by atoms with van der Waals surface area (Å²) in [5, 5.41) is 0. The van der Waals surface area contributed by atoms with Crippen molar-refractivity contribution in [1.82, 2.24) is 9.21 Å². The van der Waals surface area contributed by atoms with Crippen molar-refractivity contribution in [1.29, 1.82) is 0 Å². The Kier molecular flexibility index (Phi) is 6.62. The van der Waals surface area contributed by atoms with Crippen LogP contribution in [0, 0.1) is 0 Å². The van der Waals surface area contributed by atoms with Gasteiger partial charge in [0.15, 0.2) is 0 Å². The number of ether oxygens (including phenoxy) is 1. The zero-order valence-corrected chi connectivity index (χ0v) is 18.8. The van der Waals surface area contributed by atoms with Crippen LogP contribution in [0.2, 0.25) is 0 Å². The molecule has 0 radical (unpaired) electrons. The second-order valence-corrected chi connectivity index (χ2v) is 10.2. The van der Waals surface area contributed by atoms with E-state index in [9.17, 15) is 13.2 Å². The van der Waals surface area contributed by atoms with E-state index in [1.165, 1.54) is 4.31 Å². The van der Waals surface area contributed by atoms with Crippen molar-refractivity contribution in [2.75, 3.05) is 26.7 Å². The first-order chi connectivity index (χ1) is 15.0. The minimum absolute atomic E-state index is 0.00825. The zero-order chi connectivity index (χ0) is 21.8. The van der Waals surface area contributed by atoms with E-state index >= 15 is 0 Å². The molecule has 166 valence electrons. The number of amides is 1. The Morgan fingerprint density at radius 1 is 0.871 bits per heavy atom. The van der Waals surface area contributed by atoms with E-state index in [4.69, 9.17) is 4.74 Å². The minimum atomic E-state index is -3.48. The van der Waals surface area contributed by atoms with Crippen molar-refractivity contribution < 1.29 is 17.9 Å². The van der Waals surface area contributed by atoms with Gasteiger partial charge in [-0.15, -0.1) is 0 Å². The molecule has 0 aromatic heterocycles. The SMILES string of the molecule is COc1ccc([C@@H]2CCCCCN2C(=O)c2ccc(S(=O)(=O)N3CCCC3)cc2)cc1. The Morgan fingerprint density at radius 2 is 1.52 bits per heavy atom. The molecule has 0 unspecified atom stereocenters. The first-order valence-corrected chi connectivity index (χ1v) is 12.5. The topological polar surface area (TPSA) is 66.9 Å². The molecule has 2 aliphatic rings. The highest BCUT2D eigenvalue weighted by molar-refractivity contribution is 7.89. The van der Waals surface area contributed by atoms with Crippen LogP contribution < -0.4 is 4.74 Å². The maximum atomic E-state index is 13.4. The van der Waals surface area contributed by atoms with Gasteiger partial charge in [-0.2, -0.15) is 4.31 Å². The van der Waals surface area contributed by atoms with Gasteiger partial charge >= 0.3 is 0 Å². The van der Waals surface area contributed by atoms with Gasteiger partial charge in [-0.1, -0.05) is 25.0 Å². The Morgan fingerprint density at radius 3 is 2.16 bits per heavy atom. The fourth-order valence-electron chi connectivity index (χ4n) is 4.54. The molecule has 2 aromatic rings. The van der Waals surface area contributed by atoms with Gasteiger partial charge in [0.05, 0.1) is 18.0 Å². The van der Waals surface area contributed by atoms with Crippen LogP contribution in [0.15, 0.2) is 53.4 Å². The van der Waals surface area contributed by atoms with Gasteiger partial charge in [0.1, 0.15) is 5.75 Å². The molecule has 0 N–H and O–H groups in total. The maximum absolute atomic E-state index is 13.4. The monoisotopic (exact) mass is 442 g/mol. The van der Waals surface area contributed by atoms with Crippen molar-refractivity contribution in [3.8, 4) is 5.75 Å². The van der Waals surface area contributed by atoms with Crippen molar-refractivity contribution in [3.63, 3.8) is 0 Å². The third-order valence-electron chi connectivity index (χ3n) is 6.32. The van der Waals surface area contributed by atoms with Gasteiger partial charge in [-0.25, -0.2) is 8.42 Å². The lowest BCUT2D eigenvalue weighted by molar-refractivity contribution is 0.0681. The minimum Gasteiger partial charge on any atom is -0.497 e. The number of sulfonamides is 1.